The lowest BCUT2D eigenvalue weighted by Gasteiger charge is -2.47. The number of likely N-dealkylation sites (tertiary alicyclic amines) is 1. The van der Waals surface area contributed by atoms with Crippen LogP contribution in [-0.4, -0.2) is 42.9 Å². The van der Waals surface area contributed by atoms with Gasteiger partial charge < -0.3 is 10.2 Å². The van der Waals surface area contributed by atoms with Crippen LogP contribution >= 0.6 is 0 Å². The fourth-order valence-electron chi connectivity index (χ4n) is 2.95. The molecule has 2 heterocycles. The Morgan fingerprint density at radius 1 is 1.16 bits per heavy atom. The number of piperidine rings is 2. The smallest absolute Gasteiger partial charge is 0.259 e. The first-order valence-corrected chi connectivity index (χ1v) is 6.52. The van der Waals surface area contributed by atoms with Gasteiger partial charge in [0, 0.05) is 31.7 Å². The number of hydrogen-bond acceptors (Lipinski definition) is 2. The molecule has 1 aromatic carbocycles. The minimum Gasteiger partial charge on any atom is -0.338 e. The van der Waals surface area contributed by atoms with E-state index in [1.165, 1.54) is 0 Å². The standard InChI is InChI=1S/C14H16F2N2O/c15-14(16)11-6-17-7-12(14)9-18(8-11)13(19)10-4-2-1-3-5-10/h1-5,11-12,17H,6-9H2/t11-,12+. The summed E-state index contributed by atoms with van der Waals surface area (Å²) < 4.78 is 28.0. The Hall–Kier alpha value is -1.49. The number of halogens is 2. The lowest BCUT2D eigenvalue weighted by Crippen LogP contribution is -2.63. The topological polar surface area (TPSA) is 32.3 Å². The van der Waals surface area contributed by atoms with E-state index in [1.54, 1.807) is 29.2 Å². The molecular formula is C14H16F2N2O. The van der Waals surface area contributed by atoms with Crippen molar-refractivity contribution >= 4 is 5.91 Å². The van der Waals surface area contributed by atoms with Gasteiger partial charge in [0.15, 0.2) is 0 Å². The number of hydrogen-bond donors (Lipinski definition) is 1. The maximum atomic E-state index is 14.0. The highest BCUT2D eigenvalue weighted by Gasteiger charge is 2.54. The van der Waals surface area contributed by atoms with E-state index in [2.05, 4.69) is 5.32 Å². The molecule has 2 aliphatic rings. The van der Waals surface area contributed by atoms with Crippen LogP contribution in [0.3, 0.4) is 0 Å². The highest BCUT2D eigenvalue weighted by molar-refractivity contribution is 5.94. The van der Waals surface area contributed by atoms with Crippen LogP contribution in [0, 0.1) is 11.8 Å². The lowest BCUT2D eigenvalue weighted by molar-refractivity contribution is -0.156. The van der Waals surface area contributed by atoms with Gasteiger partial charge in [-0.1, -0.05) is 18.2 Å². The third-order valence-corrected chi connectivity index (χ3v) is 4.06. The maximum Gasteiger partial charge on any atom is 0.259 e. The van der Waals surface area contributed by atoms with E-state index in [4.69, 9.17) is 0 Å². The second-order valence-corrected chi connectivity index (χ2v) is 5.30. The molecule has 2 aliphatic heterocycles. The average Bonchev–Trinajstić information content (AvgIpc) is 2.37. The van der Waals surface area contributed by atoms with Crippen LogP contribution in [0.4, 0.5) is 8.78 Å². The quantitative estimate of drug-likeness (QED) is 0.837. The van der Waals surface area contributed by atoms with E-state index in [0.29, 0.717) is 5.56 Å². The van der Waals surface area contributed by atoms with Crippen molar-refractivity contribution in [1.82, 2.24) is 10.2 Å². The van der Waals surface area contributed by atoms with Gasteiger partial charge in [-0.2, -0.15) is 0 Å². The number of benzene rings is 1. The number of nitrogens with zero attached hydrogens (tertiary/aromatic N) is 1. The van der Waals surface area contributed by atoms with E-state index in [9.17, 15) is 13.6 Å². The monoisotopic (exact) mass is 266 g/mol. The largest absolute Gasteiger partial charge is 0.338 e. The number of nitrogens with one attached hydrogen (secondary N) is 1. The Morgan fingerprint density at radius 3 is 2.32 bits per heavy atom. The second-order valence-electron chi connectivity index (χ2n) is 5.30. The zero-order valence-electron chi connectivity index (χ0n) is 10.5. The van der Waals surface area contributed by atoms with Crippen molar-refractivity contribution in [3.8, 4) is 0 Å². The number of carbonyl (C=O) groups is 1. The fraction of sp³-hybridized carbons (Fsp3) is 0.500. The van der Waals surface area contributed by atoms with Gasteiger partial charge in [-0.3, -0.25) is 4.79 Å². The number of fused-ring (bicyclic) bond motifs is 2. The summed E-state index contributed by atoms with van der Waals surface area (Å²) in [6.07, 6.45) is 0. The molecule has 0 aromatic heterocycles. The second kappa shape index (κ2) is 4.56. The summed E-state index contributed by atoms with van der Waals surface area (Å²) >= 11 is 0. The Balaban J connectivity index is 1.80. The van der Waals surface area contributed by atoms with E-state index in [0.717, 1.165) is 0 Å². The summed E-state index contributed by atoms with van der Waals surface area (Å²) in [6.45, 7) is 0.818. The summed E-state index contributed by atoms with van der Waals surface area (Å²) in [5.41, 5.74) is 0.568. The fourth-order valence-corrected chi connectivity index (χ4v) is 2.95. The van der Waals surface area contributed by atoms with Gasteiger partial charge in [0.05, 0.1) is 11.8 Å². The molecule has 3 nitrogen and oxygen atoms in total. The van der Waals surface area contributed by atoms with Crippen molar-refractivity contribution in [2.75, 3.05) is 26.2 Å². The molecule has 5 heteroatoms. The normalized spacial score (nSPS) is 29.1. The molecule has 0 saturated carbocycles. The first kappa shape index (κ1) is 12.5. The predicted octanol–water partition coefficient (Wildman–Crippen LogP) is 1.61. The predicted molar refractivity (Wildman–Crippen MR) is 67.1 cm³/mol. The molecule has 0 unspecified atom stereocenters. The maximum absolute atomic E-state index is 14.0. The Kier molecular flexibility index (Phi) is 3.01. The number of rotatable bonds is 1. The lowest BCUT2D eigenvalue weighted by atomic mass is 9.81. The molecule has 2 saturated heterocycles. The summed E-state index contributed by atoms with van der Waals surface area (Å²) in [4.78, 5) is 13.9. The van der Waals surface area contributed by atoms with Gasteiger partial charge in [-0.05, 0) is 12.1 Å². The average molecular weight is 266 g/mol. The minimum absolute atomic E-state index is 0.129. The van der Waals surface area contributed by atoms with Crippen LogP contribution in [0.1, 0.15) is 10.4 Å². The van der Waals surface area contributed by atoms with Gasteiger partial charge in [-0.15, -0.1) is 0 Å². The number of alkyl halides is 2. The SMILES string of the molecule is O=C(c1ccccc1)N1C[C@H]2CNC[C@@H](C1)C2(F)F. The zero-order valence-corrected chi connectivity index (χ0v) is 10.5. The highest BCUT2D eigenvalue weighted by atomic mass is 19.3. The number of amides is 1. The molecule has 0 radical (unpaired) electrons. The molecule has 0 spiro atoms. The Bertz CT molecular complexity index is 462. The molecule has 19 heavy (non-hydrogen) atoms. The van der Waals surface area contributed by atoms with Crippen LogP contribution in [0.2, 0.25) is 0 Å². The van der Waals surface area contributed by atoms with E-state index in [-0.39, 0.29) is 32.1 Å². The molecular weight excluding hydrogens is 250 g/mol. The van der Waals surface area contributed by atoms with Crippen molar-refractivity contribution in [2.24, 2.45) is 11.8 Å². The van der Waals surface area contributed by atoms with Crippen LogP contribution in [0.25, 0.3) is 0 Å². The summed E-state index contributed by atoms with van der Waals surface area (Å²) in [5, 5.41) is 3.02. The summed E-state index contributed by atoms with van der Waals surface area (Å²) in [7, 11) is 0. The van der Waals surface area contributed by atoms with Crippen LogP contribution < -0.4 is 5.32 Å². The first-order valence-electron chi connectivity index (χ1n) is 6.52. The Morgan fingerprint density at radius 2 is 1.74 bits per heavy atom. The third kappa shape index (κ3) is 2.12. The zero-order chi connectivity index (χ0) is 13.5. The van der Waals surface area contributed by atoms with Crippen molar-refractivity contribution in [2.45, 2.75) is 5.92 Å². The number of carbonyl (C=O) groups excluding carboxylic acids is 1. The molecule has 102 valence electrons. The minimum atomic E-state index is -2.65. The van der Waals surface area contributed by atoms with E-state index < -0.39 is 17.8 Å². The van der Waals surface area contributed by atoms with Gasteiger partial charge in [0.2, 0.25) is 0 Å². The Labute approximate surface area is 110 Å². The molecule has 2 atom stereocenters. The van der Waals surface area contributed by atoms with E-state index in [1.807, 2.05) is 6.07 Å². The molecule has 3 rings (SSSR count). The molecule has 2 bridgehead atoms. The summed E-state index contributed by atoms with van der Waals surface area (Å²) in [6, 6.07) is 8.86. The first-order chi connectivity index (χ1) is 9.09. The third-order valence-electron chi connectivity index (χ3n) is 4.06. The summed E-state index contributed by atoms with van der Waals surface area (Å²) in [5.74, 6) is -4.34. The molecule has 2 fully saturated rings. The van der Waals surface area contributed by atoms with Gasteiger partial charge >= 0.3 is 0 Å². The van der Waals surface area contributed by atoms with Crippen molar-refractivity contribution in [3.05, 3.63) is 35.9 Å². The molecule has 0 aliphatic carbocycles. The van der Waals surface area contributed by atoms with Gasteiger partial charge in [-0.25, -0.2) is 8.78 Å². The van der Waals surface area contributed by atoms with E-state index >= 15 is 0 Å². The highest BCUT2D eigenvalue weighted by Crippen LogP contribution is 2.40. The van der Waals surface area contributed by atoms with Crippen molar-refractivity contribution in [1.29, 1.82) is 0 Å². The molecule has 1 amide bonds. The van der Waals surface area contributed by atoms with Gasteiger partial charge in [0.25, 0.3) is 11.8 Å². The molecule has 1 aromatic rings. The van der Waals surface area contributed by atoms with Crippen LogP contribution in [0.5, 0.6) is 0 Å². The van der Waals surface area contributed by atoms with Gasteiger partial charge in [0.1, 0.15) is 0 Å². The van der Waals surface area contributed by atoms with Crippen LogP contribution in [-0.2, 0) is 0 Å². The van der Waals surface area contributed by atoms with Crippen molar-refractivity contribution < 1.29 is 13.6 Å². The van der Waals surface area contributed by atoms with Crippen molar-refractivity contribution in [3.63, 3.8) is 0 Å². The molecule has 1 N–H and O–H groups in total. The van der Waals surface area contributed by atoms with Crippen LogP contribution in [0.15, 0.2) is 30.3 Å².